The Morgan fingerprint density at radius 2 is 1.74 bits per heavy atom. The van der Waals surface area contributed by atoms with E-state index in [1.807, 2.05) is 23.1 Å². The molecular formula is C24H33N7O3. The predicted molar refractivity (Wildman–Crippen MR) is 128 cm³/mol. The first-order valence-electron chi connectivity index (χ1n) is 11.8. The lowest BCUT2D eigenvalue weighted by Crippen LogP contribution is -2.46. The molecule has 0 atom stereocenters. The number of likely N-dealkylation sites (tertiary alicyclic amines) is 2. The smallest absolute Gasteiger partial charge is 0.225 e. The summed E-state index contributed by atoms with van der Waals surface area (Å²) in [5, 5.41) is 4.27. The number of pyridine rings is 1. The highest BCUT2D eigenvalue weighted by atomic mass is 16.6. The van der Waals surface area contributed by atoms with Gasteiger partial charge in [-0.1, -0.05) is 11.2 Å². The Balaban J connectivity index is 1.28. The van der Waals surface area contributed by atoms with Crippen LogP contribution in [-0.4, -0.2) is 76.8 Å². The summed E-state index contributed by atoms with van der Waals surface area (Å²) in [6, 6.07) is 5.63. The molecular weight excluding hydrogens is 434 g/mol. The molecule has 1 amide bonds. The number of anilines is 1. The van der Waals surface area contributed by atoms with Crippen molar-refractivity contribution in [1.29, 1.82) is 0 Å². The number of nitrogens with two attached hydrogens (primary N) is 1. The lowest BCUT2D eigenvalue weighted by atomic mass is 9.88. The van der Waals surface area contributed by atoms with Crippen LogP contribution < -0.4 is 10.5 Å². The van der Waals surface area contributed by atoms with Crippen molar-refractivity contribution in [2.45, 2.75) is 32.2 Å². The summed E-state index contributed by atoms with van der Waals surface area (Å²) in [6.07, 6.45) is 6.96. The minimum absolute atomic E-state index is 0.0858. The number of nitrogen functional groups attached to an aromatic ring is 1. The van der Waals surface area contributed by atoms with E-state index in [0.717, 1.165) is 75.4 Å². The molecule has 0 radical (unpaired) electrons. The zero-order chi connectivity index (χ0) is 23.9. The summed E-state index contributed by atoms with van der Waals surface area (Å²) in [7, 11) is 3.14. The van der Waals surface area contributed by atoms with Crippen LogP contribution in [0, 0.1) is 11.8 Å². The van der Waals surface area contributed by atoms with Crippen molar-refractivity contribution >= 4 is 17.6 Å². The van der Waals surface area contributed by atoms with Crippen LogP contribution in [0.25, 0.3) is 0 Å². The van der Waals surface area contributed by atoms with E-state index in [2.05, 4.69) is 25.0 Å². The molecule has 182 valence electrons. The van der Waals surface area contributed by atoms with Crippen molar-refractivity contribution in [3.8, 4) is 5.88 Å². The lowest BCUT2D eigenvalue weighted by Gasteiger charge is -2.37. The van der Waals surface area contributed by atoms with Gasteiger partial charge in [-0.3, -0.25) is 9.69 Å². The number of piperidine rings is 2. The SMILES string of the molecule is CON=C(c1cccc(OC)n1)C1CCN(C(=O)C2CCN(Cc3cnc(N)nc3)CC2)CC1. The van der Waals surface area contributed by atoms with Gasteiger partial charge in [0.15, 0.2) is 0 Å². The molecule has 10 nitrogen and oxygen atoms in total. The monoisotopic (exact) mass is 467 g/mol. The van der Waals surface area contributed by atoms with Crippen molar-refractivity contribution in [3.05, 3.63) is 41.9 Å². The Hall–Kier alpha value is -3.27. The van der Waals surface area contributed by atoms with Crippen LogP contribution in [0.4, 0.5) is 5.95 Å². The molecule has 10 heteroatoms. The zero-order valence-corrected chi connectivity index (χ0v) is 19.9. The summed E-state index contributed by atoms with van der Waals surface area (Å²) in [4.78, 5) is 35.3. The summed E-state index contributed by atoms with van der Waals surface area (Å²) in [5.74, 6) is 1.38. The van der Waals surface area contributed by atoms with Gasteiger partial charge in [-0.05, 0) is 44.8 Å². The Morgan fingerprint density at radius 1 is 1.06 bits per heavy atom. The van der Waals surface area contributed by atoms with Crippen LogP contribution in [0.3, 0.4) is 0 Å². The molecule has 0 aromatic carbocycles. The quantitative estimate of drug-likeness (QED) is 0.485. The molecule has 4 heterocycles. The number of aromatic nitrogens is 3. The van der Waals surface area contributed by atoms with Crippen LogP contribution >= 0.6 is 0 Å². The summed E-state index contributed by atoms with van der Waals surface area (Å²) >= 11 is 0. The number of amides is 1. The largest absolute Gasteiger partial charge is 0.481 e. The third kappa shape index (κ3) is 5.80. The normalized spacial score (nSPS) is 18.6. The molecule has 34 heavy (non-hydrogen) atoms. The average molecular weight is 468 g/mol. The zero-order valence-electron chi connectivity index (χ0n) is 19.9. The number of hydrogen-bond donors (Lipinski definition) is 1. The Labute approximate surface area is 200 Å². The van der Waals surface area contributed by atoms with Crippen LogP contribution in [0.5, 0.6) is 5.88 Å². The van der Waals surface area contributed by atoms with E-state index in [-0.39, 0.29) is 23.7 Å². The van der Waals surface area contributed by atoms with E-state index >= 15 is 0 Å². The molecule has 2 aromatic rings. The summed E-state index contributed by atoms with van der Waals surface area (Å²) < 4.78 is 5.26. The van der Waals surface area contributed by atoms with E-state index in [9.17, 15) is 4.79 Å². The second-order valence-corrected chi connectivity index (χ2v) is 8.82. The molecule has 0 aliphatic carbocycles. The van der Waals surface area contributed by atoms with Gasteiger partial charge in [0.2, 0.25) is 17.7 Å². The molecule has 2 N–H and O–H groups in total. The molecule has 2 aromatic heterocycles. The van der Waals surface area contributed by atoms with Crippen LogP contribution in [0.2, 0.25) is 0 Å². The van der Waals surface area contributed by atoms with Gasteiger partial charge in [-0.25, -0.2) is 15.0 Å². The highest BCUT2D eigenvalue weighted by Gasteiger charge is 2.33. The maximum absolute atomic E-state index is 13.2. The lowest BCUT2D eigenvalue weighted by molar-refractivity contribution is -0.138. The van der Waals surface area contributed by atoms with Crippen molar-refractivity contribution < 1.29 is 14.4 Å². The number of nitrogens with zero attached hydrogens (tertiary/aromatic N) is 6. The fraction of sp³-hybridized carbons (Fsp3) is 0.542. The van der Waals surface area contributed by atoms with Crippen molar-refractivity contribution in [1.82, 2.24) is 24.8 Å². The number of carbonyl (C=O) groups is 1. The first-order valence-corrected chi connectivity index (χ1v) is 11.8. The molecule has 0 saturated carbocycles. The maximum atomic E-state index is 13.2. The highest BCUT2D eigenvalue weighted by molar-refractivity contribution is 6.00. The molecule has 0 spiro atoms. The molecule has 0 unspecified atom stereocenters. The predicted octanol–water partition coefficient (Wildman–Crippen LogP) is 1.96. The number of rotatable bonds is 7. The van der Waals surface area contributed by atoms with Crippen LogP contribution in [-0.2, 0) is 16.2 Å². The molecule has 2 fully saturated rings. The van der Waals surface area contributed by atoms with E-state index in [0.29, 0.717) is 5.88 Å². The molecule has 4 rings (SSSR count). The van der Waals surface area contributed by atoms with Gasteiger partial charge in [-0.2, -0.15) is 0 Å². The second kappa shape index (κ2) is 11.2. The van der Waals surface area contributed by atoms with E-state index in [1.165, 1.54) is 0 Å². The van der Waals surface area contributed by atoms with Crippen molar-refractivity contribution in [2.75, 3.05) is 46.1 Å². The summed E-state index contributed by atoms with van der Waals surface area (Å²) in [6.45, 7) is 4.01. The van der Waals surface area contributed by atoms with Gasteiger partial charge in [0.1, 0.15) is 12.8 Å². The topological polar surface area (TPSA) is 119 Å². The van der Waals surface area contributed by atoms with Gasteiger partial charge in [0.05, 0.1) is 12.8 Å². The third-order valence-corrected chi connectivity index (χ3v) is 6.65. The Kier molecular flexibility index (Phi) is 7.89. The summed E-state index contributed by atoms with van der Waals surface area (Å²) in [5.41, 5.74) is 8.17. The van der Waals surface area contributed by atoms with Gasteiger partial charge in [0, 0.05) is 55.5 Å². The van der Waals surface area contributed by atoms with Crippen LogP contribution in [0.15, 0.2) is 35.7 Å². The van der Waals surface area contributed by atoms with E-state index in [1.54, 1.807) is 26.6 Å². The fourth-order valence-electron chi connectivity index (χ4n) is 4.77. The van der Waals surface area contributed by atoms with Crippen molar-refractivity contribution in [2.24, 2.45) is 17.0 Å². The number of hydrogen-bond acceptors (Lipinski definition) is 9. The highest BCUT2D eigenvalue weighted by Crippen LogP contribution is 2.27. The first kappa shape index (κ1) is 23.9. The van der Waals surface area contributed by atoms with Gasteiger partial charge < -0.3 is 20.2 Å². The minimum Gasteiger partial charge on any atom is -0.481 e. The average Bonchev–Trinajstić information content (AvgIpc) is 2.89. The molecule has 0 bridgehead atoms. The standard InChI is InChI=1S/C24H33N7O3/c1-33-21-5-3-4-20(28-21)22(29-34-2)18-8-12-31(13-9-18)23(32)19-6-10-30(11-7-19)16-17-14-26-24(25)27-15-17/h3-5,14-15,18-19H,6-13,16H2,1-2H3,(H2,25,26,27). The number of carbonyl (C=O) groups excluding carboxylic acids is 1. The minimum atomic E-state index is 0.0858. The van der Waals surface area contributed by atoms with Gasteiger partial charge in [-0.15, -0.1) is 0 Å². The maximum Gasteiger partial charge on any atom is 0.225 e. The fourth-order valence-corrected chi connectivity index (χ4v) is 4.77. The van der Waals surface area contributed by atoms with Crippen LogP contribution in [0.1, 0.15) is 36.9 Å². The molecule has 2 aliphatic rings. The molecule has 2 saturated heterocycles. The third-order valence-electron chi connectivity index (χ3n) is 6.65. The van der Waals surface area contributed by atoms with Gasteiger partial charge >= 0.3 is 0 Å². The van der Waals surface area contributed by atoms with Crippen molar-refractivity contribution in [3.63, 3.8) is 0 Å². The number of oxime groups is 1. The number of ether oxygens (including phenoxy) is 1. The first-order chi connectivity index (χ1) is 16.6. The van der Waals surface area contributed by atoms with E-state index in [4.69, 9.17) is 15.3 Å². The Morgan fingerprint density at radius 3 is 2.38 bits per heavy atom. The second-order valence-electron chi connectivity index (χ2n) is 8.82. The van der Waals surface area contributed by atoms with E-state index < -0.39 is 0 Å². The Bertz CT molecular complexity index is 982. The van der Waals surface area contributed by atoms with Gasteiger partial charge in [0.25, 0.3) is 0 Å². The number of methoxy groups -OCH3 is 1. The molecule has 2 aliphatic heterocycles.